The number of aryl methyl sites for hydroxylation is 1. The minimum atomic E-state index is 0.767. The van der Waals surface area contributed by atoms with Crippen molar-refractivity contribution in [2.24, 2.45) is 0 Å². The van der Waals surface area contributed by atoms with Gasteiger partial charge in [-0.15, -0.1) is 0 Å². The van der Waals surface area contributed by atoms with Crippen LogP contribution in [0.25, 0.3) is 0 Å². The lowest BCUT2D eigenvalue weighted by Gasteiger charge is -2.04. The second-order valence-electron chi connectivity index (χ2n) is 9.36. The molecular formula is C28H51NO. The van der Waals surface area contributed by atoms with Crippen molar-refractivity contribution in [3.63, 3.8) is 0 Å². The number of H-pyrrole nitrogens is 1. The molecule has 174 valence electrons. The average Bonchev–Trinajstić information content (AvgIpc) is 3.22. The third kappa shape index (κ3) is 15.7. The van der Waals surface area contributed by atoms with E-state index in [-0.39, 0.29) is 0 Å². The predicted octanol–water partition coefficient (Wildman–Crippen LogP) is 9.58. The Kier molecular flexibility index (Phi) is 19.1. The molecule has 0 spiro atoms. The molecule has 30 heavy (non-hydrogen) atoms. The summed E-state index contributed by atoms with van der Waals surface area (Å²) in [6.07, 6.45) is 33.7. The van der Waals surface area contributed by atoms with E-state index in [1.165, 1.54) is 140 Å². The molecule has 0 atom stereocenters. The normalized spacial score (nSPS) is 11.2. The molecule has 0 radical (unpaired) electrons. The maximum Gasteiger partial charge on any atom is 0.166 e. The minimum Gasteiger partial charge on any atom is -0.359 e. The first kappa shape index (κ1) is 27.0. The predicted molar refractivity (Wildman–Crippen MR) is 133 cm³/mol. The summed E-state index contributed by atoms with van der Waals surface area (Å²) in [5.74, 6) is 0. The van der Waals surface area contributed by atoms with E-state index in [0.717, 1.165) is 18.4 Å². The number of unbranched alkanes of at least 4 members (excludes halogenated alkanes) is 20. The van der Waals surface area contributed by atoms with Crippen molar-refractivity contribution in [2.75, 3.05) is 0 Å². The summed E-state index contributed by atoms with van der Waals surface area (Å²) in [7, 11) is 0. The first-order valence-corrected chi connectivity index (χ1v) is 13.5. The highest BCUT2D eigenvalue weighted by molar-refractivity contribution is 5.74. The van der Waals surface area contributed by atoms with Gasteiger partial charge in [-0.2, -0.15) is 0 Å². The van der Waals surface area contributed by atoms with Gasteiger partial charge in [-0.3, -0.25) is 4.79 Å². The van der Waals surface area contributed by atoms with E-state index in [0.29, 0.717) is 0 Å². The molecule has 0 bridgehead atoms. The van der Waals surface area contributed by atoms with Crippen molar-refractivity contribution in [2.45, 2.75) is 148 Å². The van der Waals surface area contributed by atoms with Gasteiger partial charge in [0.1, 0.15) is 0 Å². The van der Waals surface area contributed by atoms with Crippen LogP contribution in [0.2, 0.25) is 0 Å². The summed E-state index contributed by atoms with van der Waals surface area (Å²) in [5, 5.41) is 0. The van der Waals surface area contributed by atoms with Crippen LogP contribution >= 0.6 is 0 Å². The molecule has 1 heterocycles. The molecule has 1 N–H and O–H groups in total. The lowest BCUT2D eigenvalue weighted by atomic mass is 10.0. The molecule has 0 amide bonds. The summed E-state index contributed by atoms with van der Waals surface area (Å²) >= 11 is 0. The fourth-order valence-electron chi connectivity index (χ4n) is 4.49. The van der Waals surface area contributed by atoms with Crippen molar-refractivity contribution in [1.29, 1.82) is 0 Å². The van der Waals surface area contributed by atoms with Crippen LogP contribution in [-0.2, 0) is 6.42 Å². The zero-order chi connectivity index (χ0) is 21.5. The Labute approximate surface area is 188 Å². The molecule has 0 unspecified atom stereocenters. The van der Waals surface area contributed by atoms with Crippen molar-refractivity contribution >= 4 is 6.29 Å². The van der Waals surface area contributed by atoms with Crippen molar-refractivity contribution in [3.8, 4) is 0 Å². The maximum atomic E-state index is 10.9. The zero-order valence-electron chi connectivity index (χ0n) is 20.2. The Morgan fingerprint density at radius 3 is 1.33 bits per heavy atom. The van der Waals surface area contributed by atoms with E-state index >= 15 is 0 Å². The van der Waals surface area contributed by atoms with E-state index in [1.54, 1.807) is 0 Å². The Balaban J connectivity index is 1.69. The van der Waals surface area contributed by atoms with E-state index in [4.69, 9.17) is 0 Å². The van der Waals surface area contributed by atoms with Gasteiger partial charge in [-0.05, 0) is 24.5 Å². The Hall–Kier alpha value is -1.05. The molecule has 2 nitrogen and oxygen atoms in total. The molecule has 0 aliphatic heterocycles. The smallest absolute Gasteiger partial charge is 0.166 e. The van der Waals surface area contributed by atoms with Crippen LogP contribution in [-0.4, -0.2) is 11.3 Å². The number of aromatic nitrogens is 1. The lowest BCUT2D eigenvalue weighted by molar-refractivity contribution is 0.111. The fourth-order valence-corrected chi connectivity index (χ4v) is 4.49. The quantitative estimate of drug-likeness (QED) is 0.139. The number of carbonyl (C=O) groups is 1. The molecule has 0 fully saturated rings. The van der Waals surface area contributed by atoms with Gasteiger partial charge in [-0.25, -0.2) is 0 Å². The Morgan fingerprint density at radius 1 is 0.600 bits per heavy atom. The fraction of sp³-hybridized carbons (Fsp3) is 0.821. The van der Waals surface area contributed by atoms with Crippen molar-refractivity contribution in [1.82, 2.24) is 4.98 Å². The molecule has 1 aromatic rings. The maximum absolute atomic E-state index is 10.9. The van der Waals surface area contributed by atoms with Gasteiger partial charge < -0.3 is 4.98 Å². The molecule has 0 saturated heterocycles. The van der Waals surface area contributed by atoms with Crippen molar-refractivity contribution < 1.29 is 4.79 Å². The third-order valence-corrected chi connectivity index (χ3v) is 6.54. The largest absolute Gasteiger partial charge is 0.359 e. The number of nitrogens with one attached hydrogen (secondary N) is 1. The van der Waals surface area contributed by atoms with Crippen LogP contribution in [0.1, 0.15) is 158 Å². The highest BCUT2D eigenvalue weighted by Crippen LogP contribution is 2.16. The van der Waals surface area contributed by atoms with Crippen LogP contribution in [0.15, 0.2) is 12.3 Å². The first-order valence-electron chi connectivity index (χ1n) is 13.5. The van der Waals surface area contributed by atoms with Gasteiger partial charge in [0, 0.05) is 6.20 Å². The van der Waals surface area contributed by atoms with E-state index in [9.17, 15) is 4.79 Å². The van der Waals surface area contributed by atoms with Crippen molar-refractivity contribution in [3.05, 3.63) is 23.5 Å². The van der Waals surface area contributed by atoms with Crippen LogP contribution in [0.5, 0.6) is 0 Å². The number of hydrogen-bond acceptors (Lipinski definition) is 1. The Morgan fingerprint density at radius 2 is 0.967 bits per heavy atom. The van der Waals surface area contributed by atoms with Gasteiger partial charge in [0.05, 0.1) is 5.69 Å². The molecule has 0 aliphatic rings. The second-order valence-corrected chi connectivity index (χ2v) is 9.36. The topological polar surface area (TPSA) is 32.9 Å². The number of aromatic amines is 1. The molecule has 1 aromatic heterocycles. The molecule has 0 saturated carbocycles. The standard InChI is InChI=1S/C28H51NO/c1-2-3-4-5-6-7-8-9-10-11-12-13-14-15-16-17-18-19-20-21-22-23-27-24-25-29-28(27)26-30/h24-26,29H,2-23H2,1H3. The van der Waals surface area contributed by atoms with E-state index in [1.807, 2.05) is 12.3 Å². The molecule has 0 aromatic carbocycles. The minimum absolute atomic E-state index is 0.767. The van der Waals surface area contributed by atoms with Gasteiger partial charge >= 0.3 is 0 Å². The third-order valence-electron chi connectivity index (χ3n) is 6.54. The van der Waals surface area contributed by atoms with E-state index in [2.05, 4.69) is 11.9 Å². The SMILES string of the molecule is CCCCCCCCCCCCCCCCCCCCCCCc1cc[nH]c1C=O. The highest BCUT2D eigenvalue weighted by Gasteiger charge is 2.01. The molecular weight excluding hydrogens is 366 g/mol. The van der Waals surface area contributed by atoms with Gasteiger partial charge in [0.2, 0.25) is 0 Å². The molecule has 2 heteroatoms. The monoisotopic (exact) mass is 417 g/mol. The highest BCUT2D eigenvalue weighted by atomic mass is 16.1. The first-order chi connectivity index (χ1) is 14.9. The van der Waals surface area contributed by atoms with Crippen LogP contribution < -0.4 is 0 Å². The molecule has 1 rings (SSSR count). The number of rotatable bonds is 23. The van der Waals surface area contributed by atoms with Crippen LogP contribution in [0.4, 0.5) is 0 Å². The Bertz CT molecular complexity index is 479. The number of aldehydes is 1. The van der Waals surface area contributed by atoms with Crippen LogP contribution in [0, 0.1) is 0 Å². The lowest BCUT2D eigenvalue weighted by Crippen LogP contribution is -1.90. The zero-order valence-corrected chi connectivity index (χ0v) is 20.2. The van der Waals surface area contributed by atoms with E-state index < -0.39 is 0 Å². The number of hydrogen-bond donors (Lipinski definition) is 1. The molecule has 0 aliphatic carbocycles. The average molecular weight is 418 g/mol. The summed E-state index contributed by atoms with van der Waals surface area (Å²) in [4.78, 5) is 13.9. The van der Waals surface area contributed by atoms with Crippen LogP contribution in [0.3, 0.4) is 0 Å². The summed E-state index contributed by atoms with van der Waals surface area (Å²) in [5.41, 5.74) is 1.95. The van der Waals surface area contributed by atoms with Gasteiger partial charge in [0.15, 0.2) is 6.29 Å². The van der Waals surface area contributed by atoms with Gasteiger partial charge in [-0.1, -0.05) is 135 Å². The van der Waals surface area contributed by atoms with Gasteiger partial charge in [0.25, 0.3) is 0 Å². The second kappa shape index (κ2) is 21.2. The number of carbonyl (C=O) groups excluding carboxylic acids is 1. The summed E-state index contributed by atoms with van der Waals surface area (Å²) in [6, 6.07) is 2.04. The summed E-state index contributed by atoms with van der Waals surface area (Å²) in [6.45, 7) is 2.29. The summed E-state index contributed by atoms with van der Waals surface area (Å²) < 4.78 is 0.